The number of nitrogens with zero attached hydrogens (tertiary/aromatic N) is 2. The summed E-state index contributed by atoms with van der Waals surface area (Å²) in [5, 5.41) is 8.89. The van der Waals surface area contributed by atoms with Crippen molar-refractivity contribution in [1.82, 2.24) is 9.47 Å². The van der Waals surface area contributed by atoms with Gasteiger partial charge in [-0.2, -0.15) is 0 Å². The zero-order chi connectivity index (χ0) is 15.1. The molecule has 1 fully saturated rings. The van der Waals surface area contributed by atoms with Gasteiger partial charge < -0.3 is 19.3 Å². The molecule has 0 spiro atoms. The van der Waals surface area contributed by atoms with E-state index in [4.69, 9.17) is 9.84 Å². The van der Waals surface area contributed by atoms with Crippen molar-refractivity contribution in [1.29, 1.82) is 0 Å². The number of amides is 1. The Morgan fingerprint density at radius 3 is 2.62 bits per heavy atom. The minimum Gasteiger partial charge on any atom is -0.478 e. The van der Waals surface area contributed by atoms with Crippen LogP contribution in [0.2, 0.25) is 0 Å². The number of hydrogen-bond acceptors (Lipinski definition) is 4. The van der Waals surface area contributed by atoms with E-state index < -0.39 is 0 Å². The maximum absolute atomic E-state index is 12.1. The van der Waals surface area contributed by atoms with Crippen molar-refractivity contribution in [3.8, 4) is 5.75 Å². The van der Waals surface area contributed by atoms with E-state index in [2.05, 4.69) is 0 Å². The van der Waals surface area contributed by atoms with Gasteiger partial charge in [0.2, 0.25) is 0 Å². The van der Waals surface area contributed by atoms with Gasteiger partial charge in [-0.1, -0.05) is 12.8 Å². The first kappa shape index (κ1) is 15.6. The Labute approximate surface area is 123 Å². The van der Waals surface area contributed by atoms with E-state index in [1.165, 1.54) is 4.57 Å². The summed E-state index contributed by atoms with van der Waals surface area (Å²) < 4.78 is 6.74. The molecule has 6 nitrogen and oxygen atoms in total. The number of aliphatic hydroxyl groups excluding tert-OH is 1. The number of likely N-dealkylation sites (tertiary alicyclic amines) is 1. The standard InChI is InChI=1S/C15H22N2O4/c18-11-10-17-9-5-6-13(15(17)20)21-12-14(19)16-7-3-1-2-4-8-16/h5-6,9,18H,1-4,7-8,10-12H2. The molecule has 0 bridgehead atoms. The van der Waals surface area contributed by atoms with E-state index in [-0.39, 0.29) is 37.0 Å². The molecule has 2 rings (SSSR count). The van der Waals surface area contributed by atoms with E-state index in [0.29, 0.717) is 0 Å². The lowest BCUT2D eigenvalue weighted by atomic mass is 10.2. The van der Waals surface area contributed by atoms with Crippen molar-refractivity contribution in [3.05, 3.63) is 28.7 Å². The summed E-state index contributed by atoms with van der Waals surface area (Å²) in [6.45, 7) is 1.53. The summed E-state index contributed by atoms with van der Waals surface area (Å²) in [7, 11) is 0. The van der Waals surface area contributed by atoms with Gasteiger partial charge in [0.25, 0.3) is 11.5 Å². The van der Waals surface area contributed by atoms with Crippen LogP contribution in [0.25, 0.3) is 0 Å². The second-order valence-corrected chi connectivity index (χ2v) is 5.18. The number of carbonyl (C=O) groups excluding carboxylic acids is 1. The lowest BCUT2D eigenvalue weighted by molar-refractivity contribution is -0.133. The van der Waals surface area contributed by atoms with Gasteiger partial charge in [-0.05, 0) is 25.0 Å². The van der Waals surface area contributed by atoms with Gasteiger partial charge in [-0.15, -0.1) is 0 Å². The molecule has 1 aromatic rings. The SMILES string of the molecule is O=C(COc1cccn(CCO)c1=O)N1CCCCCC1. The third kappa shape index (κ3) is 4.32. The minimum atomic E-state index is -0.324. The fourth-order valence-corrected chi connectivity index (χ4v) is 2.46. The first-order chi connectivity index (χ1) is 10.2. The highest BCUT2D eigenvalue weighted by Crippen LogP contribution is 2.10. The van der Waals surface area contributed by atoms with Gasteiger partial charge in [0.1, 0.15) is 0 Å². The first-order valence-corrected chi connectivity index (χ1v) is 7.43. The van der Waals surface area contributed by atoms with Crippen molar-refractivity contribution in [2.24, 2.45) is 0 Å². The predicted octanol–water partition coefficient (Wildman–Crippen LogP) is 0.622. The summed E-state index contributed by atoms with van der Waals surface area (Å²) in [6.07, 6.45) is 5.97. The van der Waals surface area contributed by atoms with Crippen LogP contribution in [0.3, 0.4) is 0 Å². The van der Waals surface area contributed by atoms with Crippen LogP contribution in [0.1, 0.15) is 25.7 Å². The van der Waals surface area contributed by atoms with Gasteiger partial charge in [0.15, 0.2) is 12.4 Å². The van der Waals surface area contributed by atoms with Crippen molar-refractivity contribution in [3.63, 3.8) is 0 Å². The van der Waals surface area contributed by atoms with Gasteiger partial charge in [0, 0.05) is 25.8 Å². The second-order valence-electron chi connectivity index (χ2n) is 5.18. The second kappa shape index (κ2) is 7.83. The molecule has 0 saturated carbocycles. The molecule has 1 aliphatic heterocycles. The monoisotopic (exact) mass is 294 g/mol. The number of hydrogen-bond donors (Lipinski definition) is 1. The molecule has 0 atom stereocenters. The average Bonchev–Trinajstić information content (AvgIpc) is 2.77. The third-order valence-electron chi connectivity index (χ3n) is 3.64. The molecular formula is C15H22N2O4. The Morgan fingerprint density at radius 2 is 1.95 bits per heavy atom. The number of pyridine rings is 1. The smallest absolute Gasteiger partial charge is 0.292 e. The fraction of sp³-hybridized carbons (Fsp3) is 0.600. The third-order valence-corrected chi connectivity index (χ3v) is 3.64. The zero-order valence-electron chi connectivity index (χ0n) is 12.2. The van der Waals surface area contributed by atoms with Crippen LogP contribution >= 0.6 is 0 Å². The van der Waals surface area contributed by atoms with Crippen LogP contribution in [-0.2, 0) is 11.3 Å². The maximum Gasteiger partial charge on any atom is 0.292 e. The van der Waals surface area contributed by atoms with Crippen LogP contribution in [-0.4, -0.2) is 46.8 Å². The number of ether oxygens (including phenoxy) is 1. The molecule has 0 radical (unpaired) electrons. The topological polar surface area (TPSA) is 71.8 Å². The summed E-state index contributed by atoms with van der Waals surface area (Å²) in [5.41, 5.74) is -0.324. The molecule has 1 amide bonds. The van der Waals surface area contributed by atoms with Crippen molar-refractivity contribution in [2.45, 2.75) is 32.2 Å². The molecule has 0 unspecified atom stereocenters. The largest absolute Gasteiger partial charge is 0.478 e. The summed E-state index contributed by atoms with van der Waals surface area (Å²) in [6, 6.07) is 3.22. The van der Waals surface area contributed by atoms with E-state index in [1.54, 1.807) is 18.3 Å². The van der Waals surface area contributed by atoms with E-state index in [1.807, 2.05) is 4.90 Å². The summed E-state index contributed by atoms with van der Waals surface area (Å²) in [5.74, 6) is 0.0722. The molecule has 0 aromatic carbocycles. The summed E-state index contributed by atoms with van der Waals surface area (Å²) in [4.78, 5) is 25.9. The maximum atomic E-state index is 12.1. The lowest BCUT2D eigenvalue weighted by Crippen LogP contribution is -2.36. The first-order valence-electron chi connectivity index (χ1n) is 7.43. The quantitative estimate of drug-likeness (QED) is 0.864. The minimum absolute atomic E-state index is 0.0751. The molecule has 2 heterocycles. The molecule has 1 aliphatic rings. The van der Waals surface area contributed by atoms with E-state index in [9.17, 15) is 9.59 Å². The highest BCUT2D eigenvalue weighted by molar-refractivity contribution is 5.77. The van der Waals surface area contributed by atoms with Gasteiger partial charge in [-0.3, -0.25) is 9.59 Å². The number of rotatable bonds is 5. The van der Waals surface area contributed by atoms with Crippen LogP contribution in [0.5, 0.6) is 5.75 Å². The van der Waals surface area contributed by atoms with Crippen molar-refractivity contribution < 1.29 is 14.6 Å². The Morgan fingerprint density at radius 1 is 1.24 bits per heavy atom. The van der Waals surface area contributed by atoms with E-state index >= 15 is 0 Å². The molecule has 6 heteroatoms. The Kier molecular flexibility index (Phi) is 5.80. The van der Waals surface area contributed by atoms with Crippen molar-refractivity contribution >= 4 is 5.91 Å². The highest BCUT2D eigenvalue weighted by atomic mass is 16.5. The van der Waals surface area contributed by atoms with Crippen LogP contribution in [0, 0.1) is 0 Å². The number of carbonyl (C=O) groups is 1. The Bertz CT molecular complexity index is 519. The Hall–Kier alpha value is -1.82. The molecule has 116 valence electrons. The number of aliphatic hydroxyl groups is 1. The molecular weight excluding hydrogens is 272 g/mol. The van der Waals surface area contributed by atoms with Gasteiger partial charge in [-0.25, -0.2) is 0 Å². The average molecular weight is 294 g/mol. The lowest BCUT2D eigenvalue weighted by Gasteiger charge is -2.20. The fourth-order valence-electron chi connectivity index (χ4n) is 2.46. The van der Waals surface area contributed by atoms with E-state index in [0.717, 1.165) is 38.8 Å². The molecule has 1 saturated heterocycles. The summed E-state index contributed by atoms with van der Waals surface area (Å²) >= 11 is 0. The van der Waals surface area contributed by atoms with Crippen molar-refractivity contribution in [2.75, 3.05) is 26.3 Å². The highest BCUT2D eigenvalue weighted by Gasteiger charge is 2.16. The molecule has 1 aromatic heterocycles. The van der Waals surface area contributed by atoms with Crippen LogP contribution < -0.4 is 10.3 Å². The molecule has 0 aliphatic carbocycles. The predicted molar refractivity (Wildman–Crippen MR) is 78.3 cm³/mol. The van der Waals surface area contributed by atoms with Gasteiger partial charge >= 0.3 is 0 Å². The Balaban J connectivity index is 1.94. The van der Waals surface area contributed by atoms with Crippen LogP contribution in [0.15, 0.2) is 23.1 Å². The van der Waals surface area contributed by atoms with Gasteiger partial charge in [0.05, 0.1) is 6.61 Å². The normalized spacial score (nSPS) is 15.6. The zero-order valence-corrected chi connectivity index (χ0v) is 12.2. The number of aromatic nitrogens is 1. The van der Waals surface area contributed by atoms with Crippen LogP contribution in [0.4, 0.5) is 0 Å². The molecule has 1 N–H and O–H groups in total. The molecule has 21 heavy (non-hydrogen) atoms.